The van der Waals surface area contributed by atoms with Crippen LogP contribution >= 0.6 is 0 Å². The van der Waals surface area contributed by atoms with Crippen LogP contribution in [0.1, 0.15) is 41.3 Å². The van der Waals surface area contributed by atoms with Gasteiger partial charge in [0.1, 0.15) is 5.75 Å². The van der Waals surface area contributed by atoms with Gasteiger partial charge in [-0.2, -0.15) is 0 Å². The number of hydrogen-bond acceptors (Lipinski definition) is 4. The Hall–Kier alpha value is -2.86. The Labute approximate surface area is 172 Å². The average Bonchev–Trinajstić information content (AvgIpc) is 2.72. The van der Waals surface area contributed by atoms with E-state index in [1.807, 2.05) is 39.0 Å². The number of hydrogen-bond donors (Lipinski definition) is 2. The van der Waals surface area contributed by atoms with Gasteiger partial charge in [0, 0.05) is 20.3 Å². The normalized spacial score (nSPS) is 11.6. The van der Waals surface area contributed by atoms with E-state index in [-0.39, 0.29) is 11.8 Å². The van der Waals surface area contributed by atoms with E-state index < -0.39 is 6.10 Å². The molecule has 156 valence electrons. The van der Waals surface area contributed by atoms with Crippen LogP contribution in [-0.4, -0.2) is 38.2 Å². The summed E-state index contributed by atoms with van der Waals surface area (Å²) in [5, 5.41) is 5.69. The minimum Gasteiger partial charge on any atom is -0.480 e. The molecule has 0 saturated heterocycles. The molecule has 0 aliphatic carbocycles. The zero-order valence-electron chi connectivity index (χ0n) is 17.6. The maximum atomic E-state index is 12.8. The molecule has 0 bridgehead atoms. The highest BCUT2D eigenvalue weighted by atomic mass is 16.5. The van der Waals surface area contributed by atoms with Crippen molar-refractivity contribution in [3.63, 3.8) is 0 Å². The van der Waals surface area contributed by atoms with Crippen LogP contribution in [0.4, 0.5) is 5.69 Å². The molecule has 0 unspecified atom stereocenters. The predicted octanol–water partition coefficient (Wildman–Crippen LogP) is 3.87. The van der Waals surface area contributed by atoms with Gasteiger partial charge in [-0.1, -0.05) is 31.2 Å². The van der Waals surface area contributed by atoms with E-state index in [1.54, 1.807) is 31.4 Å². The van der Waals surface area contributed by atoms with Crippen LogP contribution in [0.25, 0.3) is 0 Å². The van der Waals surface area contributed by atoms with E-state index in [4.69, 9.17) is 9.47 Å². The molecule has 0 fully saturated rings. The van der Waals surface area contributed by atoms with Crippen molar-refractivity contribution in [2.45, 2.75) is 39.7 Å². The van der Waals surface area contributed by atoms with Crippen molar-refractivity contribution >= 4 is 17.5 Å². The molecule has 0 saturated carbocycles. The smallest absolute Gasteiger partial charge is 0.265 e. The monoisotopic (exact) mass is 398 g/mol. The summed E-state index contributed by atoms with van der Waals surface area (Å²) in [7, 11) is 1.62. The Morgan fingerprint density at radius 2 is 1.83 bits per heavy atom. The number of carbonyl (C=O) groups is 2. The van der Waals surface area contributed by atoms with Crippen LogP contribution in [0.2, 0.25) is 0 Å². The van der Waals surface area contributed by atoms with Gasteiger partial charge in [-0.25, -0.2) is 0 Å². The lowest BCUT2D eigenvalue weighted by Crippen LogP contribution is -2.34. The van der Waals surface area contributed by atoms with E-state index in [9.17, 15) is 9.59 Å². The average molecular weight is 399 g/mol. The third kappa shape index (κ3) is 6.32. The van der Waals surface area contributed by atoms with E-state index in [0.29, 0.717) is 36.6 Å². The lowest BCUT2D eigenvalue weighted by atomic mass is 10.1. The van der Waals surface area contributed by atoms with Crippen molar-refractivity contribution in [1.82, 2.24) is 5.32 Å². The van der Waals surface area contributed by atoms with E-state index >= 15 is 0 Å². The topological polar surface area (TPSA) is 76.7 Å². The second-order valence-electron chi connectivity index (χ2n) is 6.85. The molecule has 6 heteroatoms. The Morgan fingerprint density at radius 1 is 1.07 bits per heavy atom. The first-order valence-electron chi connectivity index (χ1n) is 9.87. The Morgan fingerprint density at radius 3 is 2.55 bits per heavy atom. The summed E-state index contributed by atoms with van der Waals surface area (Å²) in [4.78, 5) is 25.3. The second kappa shape index (κ2) is 11.2. The van der Waals surface area contributed by atoms with Crippen molar-refractivity contribution in [3.8, 4) is 5.75 Å². The van der Waals surface area contributed by atoms with E-state index in [1.165, 1.54) is 0 Å². The van der Waals surface area contributed by atoms with Gasteiger partial charge in [0.15, 0.2) is 6.10 Å². The third-order valence-corrected chi connectivity index (χ3v) is 4.73. The minimum absolute atomic E-state index is 0.236. The fourth-order valence-corrected chi connectivity index (χ4v) is 2.84. The molecule has 2 rings (SSSR count). The molecule has 2 amide bonds. The molecule has 6 nitrogen and oxygen atoms in total. The molecular formula is C23H30N2O4. The van der Waals surface area contributed by atoms with Crippen molar-refractivity contribution < 1.29 is 19.1 Å². The largest absolute Gasteiger partial charge is 0.480 e. The first kappa shape index (κ1) is 22.4. The van der Waals surface area contributed by atoms with Crippen molar-refractivity contribution in [2.24, 2.45) is 0 Å². The van der Waals surface area contributed by atoms with Crippen molar-refractivity contribution in [2.75, 3.05) is 25.6 Å². The van der Waals surface area contributed by atoms with Gasteiger partial charge < -0.3 is 20.1 Å². The zero-order valence-corrected chi connectivity index (χ0v) is 17.6. The summed E-state index contributed by atoms with van der Waals surface area (Å²) in [5.74, 6) is 0.171. The summed E-state index contributed by atoms with van der Waals surface area (Å²) in [6.07, 6.45) is 0.566. The predicted molar refractivity (Wildman–Crippen MR) is 115 cm³/mol. The van der Waals surface area contributed by atoms with E-state index in [0.717, 1.165) is 17.5 Å². The number of rotatable bonds is 10. The number of nitrogens with one attached hydrogen (secondary N) is 2. The fourth-order valence-electron chi connectivity index (χ4n) is 2.84. The van der Waals surface area contributed by atoms with Crippen molar-refractivity contribution in [3.05, 3.63) is 59.2 Å². The zero-order chi connectivity index (χ0) is 21.2. The highest BCUT2D eigenvalue weighted by Gasteiger charge is 2.21. The van der Waals surface area contributed by atoms with Crippen LogP contribution in [0.3, 0.4) is 0 Å². The van der Waals surface area contributed by atoms with Crippen LogP contribution < -0.4 is 15.4 Å². The molecule has 0 aromatic heterocycles. The molecule has 2 aromatic rings. The van der Waals surface area contributed by atoms with Crippen LogP contribution in [0.5, 0.6) is 5.75 Å². The molecule has 1 atom stereocenters. The summed E-state index contributed by atoms with van der Waals surface area (Å²) in [6, 6.07) is 12.7. The molecule has 2 N–H and O–H groups in total. The van der Waals surface area contributed by atoms with Crippen LogP contribution in [0.15, 0.2) is 42.5 Å². The van der Waals surface area contributed by atoms with Gasteiger partial charge in [-0.05, 0) is 56.0 Å². The van der Waals surface area contributed by atoms with Gasteiger partial charge >= 0.3 is 0 Å². The molecular weight excluding hydrogens is 368 g/mol. The van der Waals surface area contributed by atoms with Crippen LogP contribution in [-0.2, 0) is 9.53 Å². The van der Waals surface area contributed by atoms with Gasteiger partial charge in [-0.3, -0.25) is 9.59 Å². The lowest BCUT2D eigenvalue weighted by molar-refractivity contribution is -0.122. The standard InChI is InChI=1S/C23H30N2O4/c1-5-20(29-21-13-8-10-16(2)17(21)3)23(27)25-19-12-7-6-11-18(19)22(26)24-14-9-15-28-4/h6-8,10-13,20H,5,9,14-15H2,1-4H3,(H,24,26)(H,25,27)/t20-/m1/s1. The number of carbonyl (C=O) groups excluding carboxylic acids is 2. The summed E-state index contributed by atoms with van der Waals surface area (Å²) in [6.45, 7) is 6.95. The minimum atomic E-state index is -0.659. The van der Waals surface area contributed by atoms with Gasteiger partial charge in [0.25, 0.3) is 11.8 Å². The molecule has 2 aromatic carbocycles. The molecule has 0 radical (unpaired) electrons. The van der Waals surface area contributed by atoms with Crippen molar-refractivity contribution in [1.29, 1.82) is 0 Å². The van der Waals surface area contributed by atoms with E-state index in [2.05, 4.69) is 10.6 Å². The van der Waals surface area contributed by atoms with Gasteiger partial charge in [0.05, 0.1) is 11.3 Å². The Bertz CT molecular complexity index is 835. The molecule has 0 spiro atoms. The number of aryl methyl sites for hydroxylation is 1. The molecule has 0 heterocycles. The summed E-state index contributed by atoms with van der Waals surface area (Å²) < 4.78 is 11.0. The number of amides is 2. The number of ether oxygens (including phenoxy) is 2. The number of benzene rings is 2. The Kier molecular flexibility index (Phi) is 8.68. The summed E-state index contributed by atoms with van der Waals surface area (Å²) >= 11 is 0. The number of anilines is 1. The summed E-state index contributed by atoms with van der Waals surface area (Å²) in [5.41, 5.74) is 2.99. The SMILES string of the molecule is CC[C@@H](Oc1cccc(C)c1C)C(=O)Nc1ccccc1C(=O)NCCCOC. The maximum Gasteiger partial charge on any atom is 0.265 e. The fraction of sp³-hybridized carbons (Fsp3) is 0.391. The molecule has 29 heavy (non-hydrogen) atoms. The highest BCUT2D eigenvalue weighted by molar-refractivity contribution is 6.04. The number of para-hydroxylation sites is 1. The number of methoxy groups -OCH3 is 1. The molecule has 0 aliphatic heterocycles. The first-order chi connectivity index (χ1) is 14.0. The van der Waals surface area contributed by atoms with Gasteiger partial charge in [0.2, 0.25) is 0 Å². The Balaban J connectivity index is 2.08. The quantitative estimate of drug-likeness (QED) is 0.596. The second-order valence-corrected chi connectivity index (χ2v) is 6.85. The lowest BCUT2D eigenvalue weighted by Gasteiger charge is -2.20. The first-order valence-corrected chi connectivity index (χ1v) is 9.87. The van der Waals surface area contributed by atoms with Crippen LogP contribution in [0, 0.1) is 13.8 Å². The van der Waals surface area contributed by atoms with Gasteiger partial charge in [-0.15, -0.1) is 0 Å². The molecule has 0 aliphatic rings. The highest BCUT2D eigenvalue weighted by Crippen LogP contribution is 2.23. The maximum absolute atomic E-state index is 12.8. The third-order valence-electron chi connectivity index (χ3n) is 4.73.